The van der Waals surface area contributed by atoms with Gasteiger partial charge in [-0.1, -0.05) is 54.3 Å². The standard InChI is InChI=1S/C18H20N2OS3/c1-2-20-17(21)15(24-18(20)22)8-9-16-19(12-13-23-16)11-10-14-6-4-3-5-7-14/h3-9H,2,10-13H2,1H3. The Hall–Kier alpha value is -1.24. The molecule has 1 aromatic carbocycles. The molecule has 0 aliphatic carbocycles. The van der Waals surface area contributed by atoms with Crippen LogP contribution in [0.4, 0.5) is 0 Å². The van der Waals surface area contributed by atoms with Crippen LogP contribution in [-0.2, 0) is 11.2 Å². The van der Waals surface area contributed by atoms with Crippen molar-refractivity contribution in [3.63, 3.8) is 0 Å². The lowest BCUT2D eigenvalue weighted by Crippen LogP contribution is -2.27. The second kappa shape index (κ2) is 8.23. The van der Waals surface area contributed by atoms with E-state index in [0.717, 1.165) is 30.2 Å². The van der Waals surface area contributed by atoms with Gasteiger partial charge in [-0.15, -0.1) is 11.8 Å². The van der Waals surface area contributed by atoms with E-state index >= 15 is 0 Å². The Morgan fingerprint density at radius 1 is 1.25 bits per heavy atom. The van der Waals surface area contributed by atoms with E-state index in [1.165, 1.54) is 22.4 Å². The van der Waals surface area contributed by atoms with Crippen molar-refractivity contribution in [3.05, 3.63) is 58.0 Å². The highest BCUT2D eigenvalue weighted by Crippen LogP contribution is 2.32. The van der Waals surface area contributed by atoms with E-state index in [-0.39, 0.29) is 5.91 Å². The molecule has 0 bridgehead atoms. The third-order valence-electron chi connectivity index (χ3n) is 4.00. The molecule has 0 radical (unpaired) electrons. The Morgan fingerprint density at radius 2 is 2.04 bits per heavy atom. The van der Waals surface area contributed by atoms with Crippen molar-refractivity contribution in [3.8, 4) is 0 Å². The maximum Gasteiger partial charge on any atom is 0.266 e. The first-order chi connectivity index (χ1) is 11.7. The van der Waals surface area contributed by atoms with Crippen LogP contribution in [0.5, 0.6) is 0 Å². The first-order valence-electron chi connectivity index (χ1n) is 8.06. The minimum atomic E-state index is 0.0307. The van der Waals surface area contributed by atoms with Gasteiger partial charge >= 0.3 is 0 Å². The number of likely N-dealkylation sites (N-methyl/N-ethyl adjacent to an activating group) is 1. The monoisotopic (exact) mass is 376 g/mol. The third kappa shape index (κ3) is 4.05. The zero-order chi connectivity index (χ0) is 16.9. The highest BCUT2D eigenvalue weighted by Gasteiger charge is 2.30. The summed E-state index contributed by atoms with van der Waals surface area (Å²) in [5, 5.41) is 1.24. The van der Waals surface area contributed by atoms with Crippen molar-refractivity contribution in [1.29, 1.82) is 0 Å². The second-order valence-electron chi connectivity index (χ2n) is 5.52. The summed E-state index contributed by atoms with van der Waals surface area (Å²) in [7, 11) is 0. The minimum Gasteiger partial charge on any atom is -0.365 e. The van der Waals surface area contributed by atoms with Gasteiger partial charge < -0.3 is 4.90 Å². The Kier molecular flexibility index (Phi) is 6.03. The predicted octanol–water partition coefficient (Wildman–Crippen LogP) is 3.88. The molecule has 2 aliphatic heterocycles. The number of benzene rings is 1. The Labute approximate surface area is 157 Å². The lowest BCUT2D eigenvalue weighted by Gasteiger charge is -2.18. The van der Waals surface area contributed by atoms with Gasteiger partial charge in [0, 0.05) is 25.4 Å². The van der Waals surface area contributed by atoms with Gasteiger partial charge in [-0.2, -0.15) is 0 Å². The lowest BCUT2D eigenvalue weighted by atomic mass is 10.1. The summed E-state index contributed by atoms with van der Waals surface area (Å²) in [6.45, 7) is 4.65. The van der Waals surface area contributed by atoms with Crippen molar-refractivity contribution in [2.45, 2.75) is 13.3 Å². The molecule has 126 valence electrons. The molecule has 0 unspecified atom stereocenters. The van der Waals surface area contributed by atoms with Crippen LogP contribution in [-0.4, -0.2) is 45.4 Å². The van der Waals surface area contributed by atoms with Gasteiger partial charge in [0.1, 0.15) is 4.32 Å². The van der Waals surface area contributed by atoms with Gasteiger partial charge in [-0.25, -0.2) is 0 Å². The fourth-order valence-corrected chi connectivity index (χ4v) is 5.06. The maximum absolute atomic E-state index is 12.2. The van der Waals surface area contributed by atoms with Crippen LogP contribution < -0.4 is 0 Å². The number of nitrogens with zero attached hydrogens (tertiary/aromatic N) is 2. The van der Waals surface area contributed by atoms with Gasteiger partial charge in [-0.05, 0) is 31.1 Å². The molecule has 0 atom stereocenters. The van der Waals surface area contributed by atoms with Crippen molar-refractivity contribution in [1.82, 2.24) is 9.80 Å². The summed E-state index contributed by atoms with van der Waals surface area (Å²) in [5.74, 6) is 1.13. The van der Waals surface area contributed by atoms with Crippen LogP contribution in [0.2, 0.25) is 0 Å². The van der Waals surface area contributed by atoms with Crippen LogP contribution in [0, 0.1) is 0 Å². The third-order valence-corrected chi connectivity index (χ3v) is 6.48. The Bertz CT molecular complexity index is 685. The SMILES string of the molecule is CCN1C(=O)C(=CC=C2SCCN2CCc2ccccc2)SC1=S. The molecule has 3 rings (SSSR count). The zero-order valence-corrected chi connectivity index (χ0v) is 16.1. The largest absolute Gasteiger partial charge is 0.365 e. The summed E-state index contributed by atoms with van der Waals surface area (Å²) in [6, 6.07) is 10.6. The predicted molar refractivity (Wildman–Crippen MR) is 108 cm³/mol. The summed E-state index contributed by atoms with van der Waals surface area (Å²) in [4.78, 5) is 17.0. The number of thiocarbonyl (C=S) groups is 1. The van der Waals surface area contributed by atoms with Gasteiger partial charge in [0.15, 0.2) is 0 Å². The van der Waals surface area contributed by atoms with Gasteiger partial charge in [-0.3, -0.25) is 9.69 Å². The second-order valence-corrected chi connectivity index (χ2v) is 8.32. The fraction of sp³-hybridized carbons (Fsp3) is 0.333. The minimum absolute atomic E-state index is 0.0307. The highest BCUT2D eigenvalue weighted by atomic mass is 32.2. The van der Waals surface area contributed by atoms with E-state index in [0.29, 0.717) is 10.9 Å². The van der Waals surface area contributed by atoms with E-state index in [1.54, 1.807) is 4.90 Å². The Balaban J connectivity index is 1.65. The van der Waals surface area contributed by atoms with Crippen molar-refractivity contribution >= 4 is 46.0 Å². The van der Waals surface area contributed by atoms with Gasteiger partial charge in [0.2, 0.25) is 0 Å². The number of thioether (sulfide) groups is 2. The summed E-state index contributed by atoms with van der Waals surface area (Å²) < 4.78 is 0.659. The molecule has 0 aromatic heterocycles. The molecule has 24 heavy (non-hydrogen) atoms. The molecule has 0 spiro atoms. The van der Waals surface area contributed by atoms with Crippen molar-refractivity contribution < 1.29 is 4.79 Å². The number of hydrogen-bond donors (Lipinski definition) is 0. The number of allylic oxidation sites excluding steroid dienone is 2. The fourth-order valence-electron chi connectivity index (χ4n) is 2.68. The molecule has 0 N–H and O–H groups in total. The normalized spacial score (nSPS) is 21.5. The first-order valence-corrected chi connectivity index (χ1v) is 10.3. The first kappa shape index (κ1) is 17.6. The van der Waals surface area contributed by atoms with E-state index in [1.807, 2.05) is 30.8 Å². The average Bonchev–Trinajstić information content (AvgIpc) is 3.15. The van der Waals surface area contributed by atoms with Crippen LogP contribution >= 0.6 is 35.7 Å². The van der Waals surface area contributed by atoms with Crippen molar-refractivity contribution in [2.75, 3.05) is 25.4 Å². The molecule has 1 amide bonds. The summed E-state index contributed by atoms with van der Waals surface area (Å²) in [6.07, 6.45) is 5.04. The highest BCUT2D eigenvalue weighted by molar-refractivity contribution is 8.26. The van der Waals surface area contributed by atoms with E-state index < -0.39 is 0 Å². The van der Waals surface area contributed by atoms with Gasteiger partial charge in [0.25, 0.3) is 5.91 Å². The number of amides is 1. The maximum atomic E-state index is 12.2. The van der Waals surface area contributed by atoms with Gasteiger partial charge in [0.05, 0.1) is 9.93 Å². The van der Waals surface area contributed by atoms with E-state index in [2.05, 4.69) is 35.2 Å². The number of hydrogen-bond acceptors (Lipinski definition) is 5. The molecule has 2 saturated heterocycles. The van der Waals surface area contributed by atoms with Crippen LogP contribution in [0.1, 0.15) is 12.5 Å². The van der Waals surface area contributed by atoms with E-state index in [4.69, 9.17) is 12.2 Å². The van der Waals surface area contributed by atoms with Crippen LogP contribution in [0.15, 0.2) is 52.4 Å². The number of carbonyl (C=O) groups is 1. The van der Waals surface area contributed by atoms with Crippen LogP contribution in [0.3, 0.4) is 0 Å². The molecule has 2 aliphatic rings. The quantitative estimate of drug-likeness (QED) is 0.573. The molecule has 6 heteroatoms. The number of carbonyl (C=O) groups excluding carboxylic acids is 1. The summed E-state index contributed by atoms with van der Waals surface area (Å²) >= 11 is 8.50. The van der Waals surface area contributed by atoms with E-state index in [9.17, 15) is 4.79 Å². The van der Waals surface area contributed by atoms with Crippen molar-refractivity contribution in [2.24, 2.45) is 0 Å². The topological polar surface area (TPSA) is 23.6 Å². The molecular weight excluding hydrogens is 356 g/mol. The summed E-state index contributed by atoms with van der Waals surface area (Å²) in [5.41, 5.74) is 1.36. The molecule has 0 saturated carbocycles. The molecule has 3 nitrogen and oxygen atoms in total. The lowest BCUT2D eigenvalue weighted by molar-refractivity contribution is -0.122. The Morgan fingerprint density at radius 3 is 2.75 bits per heavy atom. The smallest absolute Gasteiger partial charge is 0.266 e. The molecule has 2 heterocycles. The zero-order valence-electron chi connectivity index (χ0n) is 13.6. The molecule has 1 aromatic rings. The average molecular weight is 377 g/mol. The van der Waals surface area contributed by atoms with Crippen LogP contribution in [0.25, 0.3) is 0 Å². The molecule has 2 fully saturated rings. The molecular formula is C18H20N2OS3. The number of rotatable bonds is 5.